The van der Waals surface area contributed by atoms with Crippen LogP contribution in [0.2, 0.25) is 0 Å². The minimum absolute atomic E-state index is 0.0309. The summed E-state index contributed by atoms with van der Waals surface area (Å²) in [5.41, 5.74) is 1.70. The first-order valence-corrected chi connectivity index (χ1v) is 7.87. The lowest BCUT2D eigenvalue weighted by Crippen LogP contribution is -2.48. The van der Waals surface area contributed by atoms with E-state index in [1.807, 2.05) is 37.3 Å². The predicted molar refractivity (Wildman–Crippen MR) is 89.0 cm³/mol. The summed E-state index contributed by atoms with van der Waals surface area (Å²) < 4.78 is 5.87. The Labute approximate surface area is 140 Å². The number of morpholine rings is 1. The third-order valence-corrected chi connectivity index (χ3v) is 4.24. The quantitative estimate of drug-likeness (QED) is 0.942. The molecule has 2 aromatic carbocycles. The molecule has 0 bridgehead atoms. The van der Waals surface area contributed by atoms with E-state index >= 15 is 0 Å². The molecule has 0 radical (unpaired) electrons. The number of carboxylic acids is 1. The van der Waals surface area contributed by atoms with Crippen molar-refractivity contribution in [3.8, 4) is 0 Å². The smallest absolute Gasteiger partial charge is 0.335 e. The van der Waals surface area contributed by atoms with E-state index in [4.69, 9.17) is 9.84 Å². The van der Waals surface area contributed by atoms with Gasteiger partial charge in [-0.2, -0.15) is 0 Å². The Bertz CT molecular complexity index is 727. The van der Waals surface area contributed by atoms with E-state index in [1.165, 1.54) is 12.1 Å². The second-order valence-corrected chi connectivity index (χ2v) is 5.92. The van der Waals surface area contributed by atoms with Gasteiger partial charge in [0.2, 0.25) is 0 Å². The Morgan fingerprint density at radius 1 is 1.04 bits per heavy atom. The molecular weight excluding hydrogens is 306 g/mol. The van der Waals surface area contributed by atoms with Gasteiger partial charge in [0.25, 0.3) is 5.91 Å². The van der Waals surface area contributed by atoms with Crippen LogP contribution >= 0.6 is 0 Å². The number of nitrogens with zero attached hydrogens (tertiary/aromatic N) is 1. The molecule has 2 aromatic rings. The van der Waals surface area contributed by atoms with Gasteiger partial charge in [0, 0.05) is 5.56 Å². The number of carbonyl (C=O) groups excluding carboxylic acids is 1. The maximum atomic E-state index is 12.8. The van der Waals surface area contributed by atoms with Crippen molar-refractivity contribution in [1.82, 2.24) is 4.90 Å². The van der Waals surface area contributed by atoms with Gasteiger partial charge in [0.1, 0.15) is 6.10 Å². The zero-order chi connectivity index (χ0) is 17.1. The third-order valence-electron chi connectivity index (χ3n) is 4.24. The number of ether oxygens (including phenoxy) is 1. The molecule has 0 spiro atoms. The highest BCUT2D eigenvalue weighted by Crippen LogP contribution is 2.26. The van der Waals surface area contributed by atoms with Crippen molar-refractivity contribution >= 4 is 11.9 Å². The monoisotopic (exact) mass is 325 g/mol. The Morgan fingerprint density at radius 3 is 2.29 bits per heavy atom. The van der Waals surface area contributed by atoms with Crippen LogP contribution in [0.1, 0.15) is 39.3 Å². The lowest BCUT2D eigenvalue weighted by molar-refractivity contribution is -0.0486. The van der Waals surface area contributed by atoms with Gasteiger partial charge in [-0.25, -0.2) is 4.79 Å². The number of aromatic carboxylic acids is 1. The number of hydrogen-bond acceptors (Lipinski definition) is 3. The number of amides is 1. The molecule has 2 atom stereocenters. The van der Waals surface area contributed by atoms with Crippen molar-refractivity contribution in [3.05, 3.63) is 71.3 Å². The first-order chi connectivity index (χ1) is 11.6. The molecule has 5 nitrogen and oxygen atoms in total. The number of hydrogen-bond donors (Lipinski definition) is 1. The molecule has 1 aliphatic heterocycles. The minimum Gasteiger partial charge on any atom is -0.478 e. The van der Waals surface area contributed by atoms with Gasteiger partial charge < -0.3 is 14.7 Å². The summed E-state index contributed by atoms with van der Waals surface area (Å²) in [5, 5.41) is 8.95. The summed E-state index contributed by atoms with van der Waals surface area (Å²) in [4.78, 5) is 25.5. The summed E-state index contributed by atoms with van der Waals surface area (Å²) >= 11 is 0. The normalized spacial score (nSPS) is 20.6. The largest absolute Gasteiger partial charge is 0.478 e. The van der Waals surface area contributed by atoms with Crippen LogP contribution in [-0.2, 0) is 4.74 Å². The molecule has 0 unspecified atom stereocenters. The maximum Gasteiger partial charge on any atom is 0.335 e. The van der Waals surface area contributed by atoms with Crippen LogP contribution in [-0.4, -0.2) is 41.1 Å². The summed E-state index contributed by atoms with van der Waals surface area (Å²) in [5.74, 6) is -1.11. The Kier molecular flexibility index (Phi) is 4.62. The first kappa shape index (κ1) is 16.2. The van der Waals surface area contributed by atoms with Crippen molar-refractivity contribution < 1.29 is 19.4 Å². The molecule has 5 heteroatoms. The van der Waals surface area contributed by atoms with Crippen LogP contribution in [0.4, 0.5) is 0 Å². The SMILES string of the molecule is C[C@H]1CO[C@H](c2ccccc2)CN1C(=O)c1ccc(C(=O)O)cc1. The summed E-state index contributed by atoms with van der Waals surface area (Å²) in [6.45, 7) is 2.90. The second-order valence-electron chi connectivity index (χ2n) is 5.92. The molecular formula is C19H19NO4. The zero-order valence-corrected chi connectivity index (χ0v) is 13.4. The van der Waals surface area contributed by atoms with Gasteiger partial charge >= 0.3 is 5.97 Å². The molecule has 3 rings (SSSR count). The topological polar surface area (TPSA) is 66.8 Å². The molecule has 0 aromatic heterocycles. The standard InChI is InChI=1S/C19H19NO4/c1-13-12-24-17(14-5-3-2-4-6-14)11-20(13)18(21)15-7-9-16(10-8-15)19(22)23/h2-10,13,17H,11-12H2,1H3,(H,22,23)/t13-,17-/m0/s1. The molecule has 0 saturated carbocycles. The van der Waals surface area contributed by atoms with Gasteiger partial charge in [-0.15, -0.1) is 0 Å². The summed E-state index contributed by atoms with van der Waals surface area (Å²) in [7, 11) is 0. The molecule has 1 amide bonds. The van der Waals surface area contributed by atoms with E-state index in [2.05, 4.69) is 0 Å². The fourth-order valence-electron chi connectivity index (χ4n) is 2.83. The van der Waals surface area contributed by atoms with Gasteiger partial charge in [0.05, 0.1) is 24.8 Å². The van der Waals surface area contributed by atoms with Gasteiger partial charge in [-0.3, -0.25) is 4.79 Å². The van der Waals surface area contributed by atoms with Crippen molar-refractivity contribution in [2.45, 2.75) is 19.1 Å². The molecule has 1 aliphatic rings. The Balaban J connectivity index is 1.78. The Morgan fingerprint density at radius 2 is 1.67 bits per heavy atom. The number of carboxylic acid groups (broad SMARTS) is 1. The number of benzene rings is 2. The van der Waals surface area contributed by atoms with Gasteiger partial charge in [-0.1, -0.05) is 30.3 Å². The lowest BCUT2D eigenvalue weighted by Gasteiger charge is -2.38. The molecule has 0 aliphatic carbocycles. The summed E-state index contributed by atoms with van der Waals surface area (Å²) in [6, 6.07) is 15.8. The lowest BCUT2D eigenvalue weighted by atomic mass is 10.0. The minimum atomic E-state index is -1.00. The fourth-order valence-corrected chi connectivity index (χ4v) is 2.83. The molecule has 124 valence electrons. The van der Waals surface area contributed by atoms with Crippen LogP contribution in [0, 0.1) is 0 Å². The molecule has 24 heavy (non-hydrogen) atoms. The fraction of sp³-hybridized carbons (Fsp3) is 0.263. The Hall–Kier alpha value is -2.66. The van der Waals surface area contributed by atoms with E-state index in [0.717, 1.165) is 5.56 Å². The number of carbonyl (C=O) groups is 2. The van der Waals surface area contributed by atoms with E-state index in [9.17, 15) is 9.59 Å². The van der Waals surface area contributed by atoms with E-state index < -0.39 is 5.97 Å². The number of rotatable bonds is 3. The van der Waals surface area contributed by atoms with E-state index in [1.54, 1.807) is 17.0 Å². The zero-order valence-electron chi connectivity index (χ0n) is 13.4. The highest BCUT2D eigenvalue weighted by Gasteiger charge is 2.31. The molecule has 1 saturated heterocycles. The first-order valence-electron chi connectivity index (χ1n) is 7.87. The van der Waals surface area contributed by atoms with Crippen molar-refractivity contribution in [2.24, 2.45) is 0 Å². The average molecular weight is 325 g/mol. The predicted octanol–water partition coefficient (Wildman–Crippen LogP) is 2.99. The van der Waals surface area contributed by atoms with Crippen LogP contribution < -0.4 is 0 Å². The van der Waals surface area contributed by atoms with Crippen LogP contribution in [0.3, 0.4) is 0 Å². The third kappa shape index (κ3) is 3.31. The van der Waals surface area contributed by atoms with E-state index in [-0.39, 0.29) is 23.6 Å². The molecule has 1 fully saturated rings. The highest BCUT2D eigenvalue weighted by molar-refractivity contribution is 5.96. The van der Waals surface area contributed by atoms with Gasteiger partial charge in [-0.05, 0) is 36.8 Å². The van der Waals surface area contributed by atoms with Crippen LogP contribution in [0.5, 0.6) is 0 Å². The highest BCUT2D eigenvalue weighted by atomic mass is 16.5. The second kappa shape index (κ2) is 6.84. The molecule has 1 heterocycles. The van der Waals surface area contributed by atoms with Crippen LogP contribution in [0.15, 0.2) is 54.6 Å². The maximum absolute atomic E-state index is 12.8. The van der Waals surface area contributed by atoms with Crippen molar-refractivity contribution in [1.29, 1.82) is 0 Å². The van der Waals surface area contributed by atoms with Gasteiger partial charge in [0.15, 0.2) is 0 Å². The van der Waals surface area contributed by atoms with Crippen LogP contribution in [0.25, 0.3) is 0 Å². The van der Waals surface area contributed by atoms with E-state index in [0.29, 0.717) is 18.7 Å². The summed E-state index contributed by atoms with van der Waals surface area (Å²) in [6.07, 6.45) is -0.148. The molecule has 1 N–H and O–H groups in total. The van der Waals surface area contributed by atoms with Crippen molar-refractivity contribution in [3.63, 3.8) is 0 Å². The van der Waals surface area contributed by atoms with Crippen molar-refractivity contribution in [2.75, 3.05) is 13.2 Å². The average Bonchev–Trinajstić information content (AvgIpc) is 2.62.